The summed E-state index contributed by atoms with van der Waals surface area (Å²) in [4.78, 5) is 6.70. The topological polar surface area (TPSA) is 62.7 Å². The second kappa shape index (κ2) is 7.25. The summed E-state index contributed by atoms with van der Waals surface area (Å²) < 4.78 is 31.6. The van der Waals surface area contributed by atoms with Crippen molar-refractivity contribution in [1.82, 2.24) is 9.29 Å². The zero-order valence-electron chi connectivity index (χ0n) is 13.1. The number of hydrogen-bond acceptors (Lipinski definition) is 5. The van der Waals surface area contributed by atoms with Crippen LogP contribution in [-0.4, -0.2) is 57.6 Å². The number of pyridine rings is 1. The van der Waals surface area contributed by atoms with Crippen LogP contribution in [0, 0.1) is 0 Å². The SMILES string of the molecule is CC[C@H]1COCCN1c1cc(CS(=O)(=O)N(C)C)cc(Br)n1. The molecular weight excluding hydrogens is 370 g/mol. The first kappa shape index (κ1) is 17.7. The first-order chi connectivity index (χ1) is 10.3. The normalized spacial score (nSPS) is 19.7. The molecule has 22 heavy (non-hydrogen) atoms. The van der Waals surface area contributed by atoms with Gasteiger partial charge < -0.3 is 9.64 Å². The van der Waals surface area contributed by atoms with E-state index in [1.165, 1.54) is 4.31 Å². The fraction of sp³-hybridized carbons (Fsp3) is 0.643. The van der Waals surface area contributed by atoms with E-state index in [1.807, 2.05) is 6.07 Å². The molecule has 1 aliphatic rings. The number of morpholine rings is 1. The Balaban J connectivity index is 2.30. The van der Waals surface area contributed by atoms with Crippen molar-refractivity contribution in [3.8, 4) is 0 Å². The van der Waals surface area contributed by atoms with E-state index in [2.05, 4.69) is 32.7 Å². The number of halogens is 1. The third kappa shape index (κ3) is 4.18. The number of nitrogens with zero attached hydrogens (tertiary/aromatic N) is 3. The van der Waals surface area contributed by atoms with Crippen molar-refractivity contribution < 1.29 is 13.2 Å². The van der Waals surface area contributed by atoms with Gasteiger partial charge in [-0.2, -0.15) is 0 Å². The number of hydrogen-bond donors (Lipinski definition) is 0. The number of aromatic nitrogens is 1. The van der Waals surface area contributed by atoms with Crippen LogP contribution in [0.15, 0.2) is 16.7 Å². The summed E-state index contributed by atoms with van der Waals surface area (Å²) in [5.74, 6) is 0.767. The van der Waals surface area contributed by atoms with Crippen molar-refractivity contribution >= 4 is 31.8 Å². The Labute approximate surface area is 140 Å². The maximum absolute atomic E-state index is 12.1. The van der Waals surface area contributed by atoms with E-state index in [-0.39, 0.29) is 11.8 Å². The number of sulfonamides is 1. The second-order valence-corrected chi connectivity index (χ2v) is 8.52. The average molecular weight is 392 g/mol. The van der Waals surface area contributed by atoms with E-state index in [0.29, 0.717) is 17.8 Å². The minimum Gasteiger partial charge on any atom is -0.377 e. The molecule has 0 aromatic carbocycles. The van der Waals surface area contributed by atoms with E-state index < -0.39 is 10.0 Å². The van der Waals surface area contributed by atoms with Crippen LogP contribution in [0.4, 0.5) is 5.82 Å². The Morgan fingerprint density at radius 2 is 2.18 bits per heavy atom. The Hall–Kier alpha value is -0.700. The zero-order chi connectivity index (χ0) is 16.3. The summed E-state index contributed by atoms with van der Waals surface area (Å²) in [5.41, 5.74) is 0.729. The van der Waals surface area contributed by atoms with Gasteiger partial charge in [0.2, 0.25) is 10.0 Å². The molecule has 0 N–H and O–H groups in total. The summed E-state index contributed by atoms with van der Waals surface area (Å²) in [6.07, 6.45) is 0.958. The standard InChI is InChI=1S/C14H22BrN3O3S/c1-4-12-9-21-6-5-18(12)14-8-11(7-13(15)16-14)10-22(19,20)17(2)3/h7-8,12H,4-6,9-10H2,1-3H3/t12-/m0/s1. The largest absolute Gasteiger partial charge is 0.377 e. The van der Waals surface area contributed by atoms with Crippen LogP contribution in [-0.2, 0) is 20.5 Å². The number of anilines is 1. The van der Waals surface area contributed by atoms with Crippen molar-refractivity contribution in [2.24, 2.45) is 0 Å². The van der Waals surface area contributed by atoms with Crippen LogP contribution in [0.5, 0.6) is 0 Å². The molecule has 8 heteroatoms. The van der Waals surface area contributed by atoms with Crippen molar-refractivity contribution in [3.05, 3.63) is 22.3 Å². The minimum atomic E-state index is -3.29. The molecule has 6 nitrogen and oxygen atoms in total. The monoisotopic (exact) mass is 391 g/mol. The first-order valence-corrected chi connectivity index (χ1v) is 9.64. The lowest BCUT2D eigenvalue weighted by atomic mass is 10.1. The van der Waals surface area contributed by atoms with Gasteiger partial charge in [-0.15, -0.1) is 0 Å². The van der Waals surface area contributed by atoms with E-state index in [9.17, 15) is 8.42 Å². The maximum Gasteiger partial charge on any atom is 0.217 e. The molecular formula is C14H22BrN3O3S. The summed E-state index contributed by atoms with van der Waals surface area (Å²) in [5, 5.41) is 0. The predicted molar refractivity (Wildman–Crippen MR) is 90.5 cm³/mol. The average Bonchev–Trinajstić information content (AvgIpc) is 2.46. The molecule has 0 spiro atoms. The molecule has 0 amide bonds. The summed E-state index contributed by atoms with van der Waals surface area (Å²) in [6, 6.07) is 3.89. The Bertz CT molecular complexity index is 622. The van der Waals surface area contributed by atoms with Gasteiger partial charge in [0.05, 0.1) is 25.0 Å². The first-order valence-electron chi connectivity index (χ1n) is 7.24. The molecule has 0 radical (unpaired) electrons. The van der Waals surface area contributed by atoms with Gasteiger partial charge in [0.15, 0.2) is 0 Å². The van der Waals surface area contributed by atoms with Crippen LogP contribution in [0.3, 0.4) is 0 Å². The van der Waals surface area contributed by atoms with Gasteiger partial charge in [-0.05, 0) is 40.0 Å². The van der Waals surface area contributed by atoms with Gasteiger partial charge in [-0.1, -0.05) is 6.92 Å². The predicted octanol–water partition coefficient (Wildman–Crippen LogP) is 1.85. The molecule has 1 atom stereocenters. The third-order valence-corrected chi connectivity index (χ3v) is 5.96. The molecule has 124 valence electrons. The van der Waals surface area contributed by atoms with Gasteiger partial charge in [0.25, 0.3) is 0 Å². The lowest BCUT2D eigenvalue weighted by Gasteiger charge is -2.36. The van der Waals surface area contributed by atoms with Crippen molar-refractivity contribution in [2.75, 3.05) is 38.8 Å². The number of rotatable bonds is 5. The molecule has 1 aromatic rings. The van der Waals surface area contributed by atoms with E-state index in [4.69, 9.17) is 4.74 Å². The van der Waals surface area contributed by atoms with Gasteiger partial charge in [0.1, 0.15) is 10.4 Å². The third-order valence-electron chi connectivity index (χ3n) is 3.74. The van der Waals surface area contributed by atoms with Crippen molar-refractivity contribution in [2.45, 2.75) is 25.1 Å². The van der Waals surface area contributed by atoms with Crippen molar-refractivity contribution in [1.29, 1.82) is 0 Å². The number of ether oxygens (including phenoxy) is 1. The highest BCUT2D eigenvalue weighted by Gasteiger charge is 2.24. The van der Waals surface area contributed by atoms with Gasteiger partial charge in [-0.25, -0.2) is 17.7 Å². The smallest absolute Gasteiger partial charge is 0.217 e. The summed E-state index contributed by atoms with van der Waals surface area (Å²) >= 11 is 3.39. The van der Waals surface area contributed by atoms with Crippen LogP contribution >= 0.6 is 15.9 Å². The molecule has 0 aliphatic carbocycles. The Morgan fingerprint density at radius 3 is 2.82 bits per heavy atom. The van der Waals surface area contributed by atoms with Crippen LogP contribution in [0.1, 0.15) is 18.9 Å². The zero-order valence-corrected chi connectivity index (χ0v) is 15.5. The molecule has 1 aliphatic heterocycles. The lowest BCUT2D eigenvalue weighted by Crippen LogP contribution is -2.45. The molecule has 2 rings (SSSR count). The van der Waals surface area contributed by atoms with Gasteiger partial charge in [-0.3, -0.25) is 0 Å². The second-order valence-electron chi connectivity index (χ2n) is 5.53. The molecule has 0 saturated carbocycles. The molecule has 1 aromatic heterocycles. The highest BCUT2D eigenvalue weighted by Crippen LogP contribution is 2.24. The lowest BCUT2D eigenvalue weighted by molar-refractivity contribution is 0.0925. The molecule has 1 fully saturated rings. The Morgan fingerprint density at radius 1 is 1.45 bits per heavy atom. The summed E-state index contributed by atoms with van der Waals surface area (Å²) in [6.45, 7) is 4.22. The van der Waals surface area contributed by atoms with Crippen molar-refractivity contribution in [3.63, 3.8) is 0 Å². The Kier molecular flexibility index (Phi) is 5.81. The van der Waals surface area contributed by atoms with Gasteiger partial charge in [0, 0.05) is 20.6 Å². The van der Waals surface area contributed by atoms with E-state index in [0.717, 1.165) is 24.3 Å². The highest BCUT2D eigenvalue weighted by molar-refractivity contribution is 9.10. The fourth-order valence-corrected chi connectivity index (χ4v) is 3.72. The van der Waals surface area contributed by atoms with Crippen LogP contribution in [0.2, 0.25) is 0 Å². The molecule has 2 heterocycles. The van der Waals surface area contributed by atoms with E-state index in [1.54, 1.807) is 20.2 Å². The fourth-order valence-electron chi connectivity index (χ4n) is 2.40. The highest BCUT2D eigenvalue weighted by atomic mass is 79.9. The minimum absolute atomic E-state index is 0.0325. The molecule has 0 bridgehead atoms. The van der Waals surface area contributed by atoms with Crippen LogP contribution in [0.25, 0.3) is 0 Å². The van der Waals surface area contributed by atoms with Crippen LogP contribution < -0.4 is 4.90 Å². The summed E-state index contributed by atoms with van der Waals surface area (Å²) in [7, 11) is -0.207. The molecule has 1 saturated heterocycles. The van der Waals surface area contributed by atoms with Gasteiger partial charge >= 0.3 is 0 Å². The maximum atomic E-state index is 12.1. The van der Waals surface area contributed by atoms with E-state index >= 15 is 0 Å². The quantitative estimate of drug-likeness (QED) is 0.716. The molecule has 0 unspecified atom stereocenters.